The normalized spacial score (nSPS) is 14.6. The molecule has 0 bridgehead atoms. The fourth-order valence-corrected chi connectivity index (χ4v) is 10.3. The molecule has 4 aromatic carbocycles. The number of phenolic OH excluding ortho intramolecular Hbond substituents is 2. The number of guanidine groups is 2. The highest BCUT2D eigenvalue weighted by Crippen LogP contribution is 2.23. The summed E-state index contributed by atoms with van der Waals surface area (Å²) in [5.74, 6) is -10.7. The van der Waals surface area contributed by atoms with Gasteiger partial charge in [-0.25, -0.2) is 0 Å². The molecule has 0 unspecified atom stereocenters. The maximum absolute atomic E-state index is 14.8. The number of primary amides is 3. The number of carbonyl (C=O) groups excluding carboxylic acids is 11. The van der Waals surface area contributed by atoms with Gasteiger partial charge in [-0.05, 0) is 103 Å². The topological polar surface area (TPSA) is 563 Å². The van der Waals surface area contributed by atoms with Gasteiger partial charge in [0, 0.05) is 63.0 Å². The van der Waals surface area contributed by atoms with Gasteiger partial charge >= 0.3 is 0 Å². The van der Waals surface area contributed by atoms with Crippen molar-refractivity contribution in [1.29, 1.82) is 0 Å². The van der Waals surface area contributed by atoms with Crippen LogP contribution in [0.3, 0.4) is 0 Å². The summed E-state index contributed by atoms with van der Waals surface area (Å²) in [4.78, 5) is 166. The van der Waals surface area contributed by atoms with Crippen LogP contribution in [0.15, 0.2) is 118 Å². The minimum Gasteiger partial charge on any atom is -0.508 e. The van der Waals surface area contributed by atoms with E-state index in [0.29, 0.717) is 22.3 Å². The van der Waals surface area contributed by atoms with Crippen molar-refractivity contribution >= 4 is 82.6 Å². The van der Waals surface area contributed by atoms with Crippen molar-refractivity contribution < 1.29 is 63.0 Å². The van der Waals surface area contributed by atoms with Gasteiger partial charge in [-0.2, -0.15) is 0 Å². The first-order valence-corrected chi connectivity index (χ1v) is 30.3. The Kier molecular flexibility index (Phi) is 29.0. The molecule has 95 heavy (non-hydrogen) atoms. The molecule has 0 saturated carbocycles. The summed E-state index contributed by atoms with van der Waals surface area (Å²) in [5, 5.41) is 38.9. The summed E-state index contributed by atoms with van der Waals surface area (Å²) in [5.41, 5.74) is 50.2. The summed E-state index contributed by atoms with van der Waals surface area (Å²) in [6.45, 7) is -0.0526. The molecule has 5 rings (SSSR count). The molecule has 33 nitrogen and oxygen atoms in total. The minimum atomic E-state index is -1.88. The quantitative estimate of drug-likeness (QED) is 0.00567. The van der Waals surface area contributed by atoms with Crippen molar-refractivity contribution in [1.82, 2.24) is 41.7 Å². The number of carbonyl (C=O) groups is 11. The van der Waals surface area contributed by atoms with Crippen LogP contribution < -0.4 is 72.0 Å². The summed E-state index contributed by atoms with van der Waals surface area (Å²) < 4.78 is 0. The van der Waals surface area contributed by atoms with Crippen molar-refractivity contribution in [2.75, 3.05) is 26.7 Å². The fraction of sp³-hybridized carbons (Fsp3) is 0.403. The summed E-state index contributed by atoms with van der Waals surface area (Å²) in [7, 11) is 1.38. The van der Waals surface area contributed by atoms with E-state index in [4.69, 9.17) is 45.7 Å². The smallest absolute Gasteiger partial charge is 0.245 e. The van der Waals surface area contributed by atoms with Crippen LogP contribution >= 0.6 is 0 Å². The molecule has 0 aromatic heterocycles. The van der Waals surface area contributed by atoms with E-state index < -0.39 is 133 Å². The lowest BCUT2D eigenvalue weighted by Gasteiger charge is -2.31. The molecule has 1 saturated heterocycles. The number of phenols is 2. The number of aromatic hydroxyl groups is 2. The molecule has 1 aliphatic rings. The van der Waals surface area contributed by atoms with Crippen LogP contribution in [0.1, 0.15) is 80.0 Å². The van der Waals surface area contributed by atoms with Gasteiger partial charge in [0.2, 0.25) is 65.0 Å². The fourth-order valence-electron chi connectivity index (χ4n) is 10.3. The Morgan fingerprint density at radius 2 is 1.06 bits per heavy atom. The Bertz CT molecular complexity index is 3470. The maximum Gasteiger partial charge on any atom is 0.245 e. The number of benzene rings is 4. The van der Waals surface area contributed by atoms with E-state index in [1.807, 2.05) is 0 Å². The zero-order valence-corrected chi connectivity index (χ0v) is 52.3. The molecule has 1 aliphatic heterocycles. The van der Waals surface area contributed by atoms with E-state index in [9.17, 15) is 63.0 Å². The number of azide groups is 1. The second-order valence-corrected chi connectivity index (χ2v) is 22.5. The van der Waals surface area contributed by atoms with Gasteiger partial charge in [-0.15, -0.1) is 0 Å². The number of hydrogen-bond donors (Lipinski definition) is 15. The lowest BCUT2D eigenvalue weighted by Crippen LogP contribution is -2.61. The molecule has 0 aliphatic carbocycles. The lowest BCUT2D eigenvalue weighted by atomic mass is 10.0. The number of nitrogens with two attached hydrogens (primary N) is 7. The van der Waals surface area contributed by atoms with Crippen LogP contribution in [0.4, 0.5) is 5.69 Å². The van der Waals surface area contributed by atoms with Crippen LogP contribution in [0.5, 0.6) is 11.5 Å². The zero-order chi connectivity index (χ0) is 69.7. The maximum atomic E-state index is 14.8. The van der Waals surface area contributed by atoms with Crippen LogP contribution in [0.2, 0.25) is 0 Å². The minimum absolute atomic E-state index is 0.0343. The van der Waals surface area contributed by atoms with Crippen LogP contribution in [-0.2, 0) is 78.4 Å². The van der Waals surface area contributed by atoms with Crippen LogP contribution in [-0.4, -0.2) is 172 Å². The molecule has 1 heterocycles. The van der Waals surface area contributed by atoms with Gasteiger partial charge in [0.15, 0.2) is 11.9 Å². The first kappa shape index (κ1) is 74.2. The van der Waals surface area contributed by atoms with E-state index in [1.54, 1.807) is 42.5 Å². The molecule has 33 heteroatoms. The number of amides is 11. The highest BCUT2D eigenvalue weighted by Gasteiger charge is 2.41. The van der Waals surface area contributed by atoms with Crippen molar-refractivity contribution in [3.63, 3.8) is 0 Å². The number of likely N-dealkylation sites (N-methyl/N-ethyl adjacent to an activating group) is 1. The summed E-state index contributed by atoms with van der Waals surface area (Å²) in [6, 6.07) is 14.4. The highest BCUT2D eigenvalue weighted by atomic mass is 16.3. The second-order valence-electron chi connectivity index (χ2n) is 22.5. The third-order valence-corrected chi connectivity index (χ3v) is 15.2. The number of aliphatic imine (C=N–C) groups is 2. The molecule has 22 N–H and O–H groups in total. The van der Waals surface area contributed by atoms with Crippen molar-refractivity contribution in [3.05, 3.63) is 136 Å². The second kappa shape index (κ2) is 37.1. The summed E-state index contributed by atoms with van der Waals surface area (Å²) in [6.07, 6.45) is -2.34. The van der Waals surface area contributed by atoms with E-state index in [1.165, 1.54) is 77.5 Å². The number of hydrogen-bond acceptors (Lipinski definition) is 16. The van der Waals surface area contributed by atoms with Crippen molar-refractivity contribution in [2.45, 2.75) is 132 Å². The monoisotopic (exact) mass is 1310 g/mol. The Morgan fingerprint density at radius 1 is 0.568 bits per heavy atom. The highest BCUT2D eigenvalue weighted by molar-refractivity contribution is 5.99. The van der Waals surface area contributed by atoms with Gasteiger partial charge in [0.05, 0.1) is 12.8 Å². The SMILES string of the molecule is CN(C(=O)Cc1cccc(N=[N+]=[N-])c1)[C@@H](Cc1ccc(O)cc1)C(=O)N[C@@H](Cc1ccccc1)C(=O)N[C@@H](CCC(N)=O)C(=O)N[C@@H](CC(N)=O)C(=O)N[C@@H](CCCN=C(N)N)C(=O)N1CCC[C@H]1C(=O)N[C@@H](CCCN=C(N)N)C(=O)N[C@@H](Cc1ccc(O)cc1)C(N)=O. The number of nitrogens with zero attached hydrogens (tertiary/aromatic N) is 7. The van der Waals surface area contributed by atoms with Crippen LogP contribution in [0, 0.1) is 0 Å². The van der Waals surface area contributed by atoms with E-state index in [-0.39, 0.29) is 113 Å². The molecule has 1 fully saturated rings. The number of likely N-dealkylation sites (tertiary alicyclic amines) is 1. The van der Waals surface area contributed by atoms with Gasteiger partial charge < -0.3 is 92.0 Å². The molecule has 0 spiro atoms. The first-order valence-electron chi connectivity index (χ1n) is 30.3. The molecule has 0 radical (unpaired) electrons. The first-order chi connectivity index (χ1) is 45.2. The largest absolute Gasteiger partial charge is 0.508 e. The van der Waals surface area contributed by atoms with Gasteiger partial charge in [-0.1, -0.05) is 77.9 Å². The molecular formula is C62H82N20O13. The third kappa shape index (κ3) is 24.9. The van der Waals surface area contributed by atoms with Gasteiger partial charge in [0.25, 0.3) is 0 Å². The Labute approximate surface area is 546 Å². The number of nitrogens with one attached hydrogen (secondary N) is 6. The van der Waals surface area contributed by atoms with E-state index in [2.05, 4.69) is 51.9 Å². The predicted molar refractivity (Wildman–Crippen MR) is 347 cm³/mol. The van der Waals surface area contributed by atoms with E-state index >= 15 is 0 Å². The van der Waals surface area contributed by atoms with Crippen molar-refractivity contribution in [3.8, 4) is 11.5 Å². The third-order valence-electron chi connectivity index (χ3n) is 15.2. The Balaban J connectivity index is 1.40. The lowest BCUT2D eigenvalue weighted by molar-refractivity contribution is -0.143. The molecule has 8 atom stereocenters. The zero-order valence-electron chi connectivity index (χ0n) is 52.3. The Hall–Kier alpha value is -11.5. The summed E-state index contributed by atoms with van der Waals surface area (Å²) >= 11 is 0. The van der Waals surface area contributed by atoms with Gasteiger partial charge in [-0.3, -0.25) is 62.7 Å². The molecule has 11 amide bonds. The van der Waals surface area contributed by atoms with Crippen LogP contribution in [0.25, 0.3) is 10.4 Å². The number of rotatable bonds is 37. The van der Waals surface area contributed by atoms with Gasteiger partial charge in [0.1, 0.15) is 59.8 Å². The molecule has 4 aromatic rings. The van der Waals surface area contributed by atoms with E-state index in [0.717, 1.165) is 0 Å². The van der Waals surface area contributed by atoms with Crippen molar-refractivity contribution in [2.24, 2.45) is 55.2 Å². The molecule has 508 valence electrons. The average Bonchev–Trinajstić information content (AvgIpc) is 1.83. The predicted octanol–water partition coefficient (Wildman–Crippen LogP) is -2.23. The average molecular weight is 1320 g/mol. The Morgan fingerprint density at radius 3 is 1.63 bits per heavy atom. The molecular weight excluding hydrogens is 1230 g/mol. The standard InChI is InChI=1S/C62H82N20O13/c1-81(52(87)33-38-11-5-12-39(29-38)79-80-70)49(32-37-18-22-41(84)23-19-37)59(94)78-46(31-35-9-3-2-4-10-35)56(91)73-43(24-25-50(63)85)55(90)77-47(34-51(64)86)57(92)75-44(14-7-27-72-62(68)69)60(95)82-28-8-15-48(82)58(93)74-42(13-6-26-71-61(66)67)54(89)76-45(53(65)88)30-36-16-20-40(83)21-17-36/h2-5,9-12,16-23,29,42-49,83-84H,6-8,13-15,24-28,30-34H2,1H3,(H2,63,85)(H2,64,86)(H2,65,88)(H,73,91)(H,74,93)(H,75,92)(H,76,89)(H,77,90)(H,78,94)(H4,66,67,71)(H4,68,69,72)/t42-,43-,44-,45-,46-,47-,48-,49-/m0/s1.